The van der Waals surface area contributed by atoms with Gasteiger partial charge in [-0.2, -0.15) is 18.2 Å². The van der Waals surface area contributed by atoms with Gasteiger partial charge in [0.2, 0.25) is 5.95 Å². The minimum absolute atomic E-state index is 0.0139. The second-order valence-corrected chi connectivity index (χ2v) is 6.16. The summed E-state index contributed by atoms with van der Waals surface area (Å²) < 4.78 is 38.7. The van der Waals surface area contributed by atoms with Crippen LogP contribution in [0.2, 0.25) is 0 Å². The number of nitrogens with zero attached hydrogens (tertiary/aromatic N) is 3. The van der Waals surface area contributed by atoms with Crippen molar-refractivity contribution in [3.63, 3.8) is 0 Å². The average molecular weight is 332 g/mol. The van der Waals surface area contributed by atoms with Gasteiger partial charge in [0.1, 0.15) is 5.82 Å². The highest BCUT2D eigenvalue weighted by molar-refractivity contribution is 5.43. The van der Waals surface area contributed by atoms with Crippen molar-refractivity contribution in [2.75, 3.05) is 30.9 Å². The molecule has 0 saturated heterocycles. The standard InChI is InChI=1S/C15H23F3N4O/c1-22(2)14-20-12(15(16,17)18)9-13(21-14)19-8-7-10-5-3-4-6-11(10)23/h9-11,23H,3-8H2,1-2H3,(H,19,20,21)/t10-,11+/m0/s1. The number of anilines is 2. The second kappa shape index (κ2) is 7.33. The zero-order valence-electron chi connectivity index (χ0n) is 13.4. The third kappa shape index (κ3) is 4.95. The van der Waals surface area contributed by atoms with Crippen LogP contribution in [0.3, 0.4) is 0 Å². The lowest BCUT2D eigenvalue weighted by Crippen LogP contribution is -2.26. The highest BCUT2D eigenvalue weighted by atomic mass is 19.4. The summed E-state index contributed by atoms with van der Waals surface area (Å²) >= 11 is 0. The van der Waals surface area contributed by atoms with Crippen LogP contribution in [-0.4, -0.2) is 41.8 Å². The predicted molar refractivity (Wildman–Crippen MR) is 82.4 cm³/mol. The number of aromatic nitrogens is 2. The van der Waals surface area contributed by atoms with Crippen LogP contribution in [0.15, 0.2) is 6.07 Å². The largest absolute Gasteiger partial charge is 0.433 e. The number of rotatable bonds is 5. The van der Waals surface area contributed by atoms with Crippen LogP contribution in [0.1, 0.15) is 37.8 Å². The lowest BCUT2D eigenvalue weighted by atomic mass is 9.84. The normalized spacial score (nSPS) is 22.0. The second-order valence-electron chi connectivity index (χ2n) is 6.16. The van der Waals surface area contributed by atoms with Crippen LogP contribution in [0.25, 0.3) is 0 Å². The summed E-state index contributed by atoms with van der Waals surface area (Å²) in [5.41, 5.74) is -0.962. The van der Waals surface area contributed by atoms with Gasteiger partial charge in [0, 0.05) is 26.7 Å². The molecule has 0 spiro atoms. The Morgan fingerprint density at radius 3 is 2.57 bits per heavy atom. The van der Waals surface area contributed by atoms with Crippen LogP contribution in [-0.2, 0) is 6.18 Å². The molecule has 5 nitrogen and oxygen atoms in total. The number of halogens is 3. The molecule has 0 aromatic carbocycles. The fourth-order valence-electron chi connectivity index (χ4n) is 2.78. The summed E-state index contributed by atoms with van der Waals surface area (Å²) in [6.45, 7) is 0.475. The van der Waals surface area contributed by atoms with Crippen molar-refractivity contribution in [1.29, 1.82) is 0 Å². The number of aliphatic hydroxyl groups is 1. The Labute approximate surface area is 133 Å². The van der Waals surface area contributed by atoms with Gasteiger partial charge in [-0.25, -0.2) is 4.98 Å². The van der Waals surface area contributed by atoms with E-state index in [1.807, 2.05) is 0 Å². The zero-order valence-corrected chi connectivity index (χ0v) is 13.4. The Morgan fingerprint density at radius 2 is 1.96 bits per heavy atom. The Hall–Kier alpha value is -1.57. The van der Waals surface area contributed by atoms with Gasteiger partial charge >= 0.3 is 6.18 Å². The van der Waals surface area contributed by atoms with Gasteiger partial charge in [0.25, 0.3) is 0 Å². The van der Waals surface area contributed by atoms with Crippen LogP contribution in [0.5, 0.6) is 0 Å². The van der Waals surface area contributed by atoms with Crippen molar-refractivity contribution in [2.45, 2.75) is 44.4 Å². The maximum absolute atomic E-state index is 12.9. The molecule has 1 aromatic heterocycles. The molecule has 1 aliphatic rings. The van der Waals surface area contributed by atoms with Crippen molar-refractivity contribution in [2.24, 2.45) is 5.92 Å². The number of alkyl halides is 3. The molecular formula is C15H23F3N4O. The summed E-state index contributed by atoms with van der Waals surface area (Å²) in [6.07, 6.45) is -0.201. The summed E-state index contributed by atoms with van der Waals surface area (Å²) in [5.74, 6) is 0.370. The van der Waals surface area contributed by atoms with Gasteiger partial charge in [0.05, 0.1) is 6.10 Å². The first-order valence-electron chi connectivity index (χ1n) is 7.83. The molecule has 1 fully saturated rings. The van der Waals surface area contributed by atoms with Gasteiger partial charge in [-0.3, -0.25) is 0 Å². The number of hydrogen-bond acceptors (Lipinski definition) is 5. The number of hydrogen-bond donors (Lipinski definition) is 2. The van der Waals surface area contributed by atoms with E-state index in [1.54, 1.807) is 14.1 Å². The van der Waals surface area contributed by atoms with Crippen molar-refractivity contribution in [3.8, 4) is 0 Å². The van der Waals surface area contributed by atoms with Crippen molar-refractivity contribution < 1.29 is 18.3 Å². The minimum atomic E-state index is -4.51. The molecule has 0 unspecified atom stereocenters. The molecule has 1 aromatic rings. The summed E-state index contributed by atoms with van der Waals surface area (Å²) in [5, 5.41) is 12.9. The lowest BCUT2D eigenvalue weighted by molar-refractivity contribution is -0.141. The van der Waals surface area contributed by atoms with Crippen molar-refractivity contribution >= 4 is 11.8 Å². The first-order valence-corrected chi connectivity index (χ1v) is 7.83. The van der Waals surface area contributed by atoms with Crippen LogP contribution >= 0.6 is 0 Å². The number of nitrogens with one attached hydrogen (secondary N) is 1. The van der Waals surface area contributed by atoms with Gasteiger partial charge in [-0.15, -0.1) is 0 Å². The van der Waals surface area contributed by atoms with Crippen LogP contribution in [0, 0.1) is 5.92 Å². The molecule has 2 atom stereocenters. The lowest BCUT2D eigenvalue weighted by Gasteiger charge is -2.27. The first-order chi connectivity index (χ1) is 10.8. The van der Waals surface area contributed by atoms with E-state index < -0.39 is 11.9 Å². The Morgan fingerprint density at radius 1 is 1.26 bits per heavy atom. The van der Waals surface area contributed by atoms with E-state index >= 15 is 0 Å². The maximum Gasteiger partial charge on any atom is 0.433 e. The smallest absolute Gasteiger partial charge is 0.393 e. The van der Waals surface area contributed by atoms with Crippen LogP contribution in [0.4, 0.5) is 24.9 Å². The number of aliphatic hydroxyl groups excluding tert-OH is 1. The van der Waals surface area contributed by atoms with Gasteiger partial charge < -0.3 is 15.3 Å². The third-order valence-electron chi connectivity index (χ3n) is 4.09. The highest BCUT2D eigenvalue weighted by Gasteiger charge is 2.34. The molecule has 1 aliphatic carbocycles. The molecule has 0 aliphatic heterocycles. The minimum Gasteiger partial charge on any atom is -0.393 e. The molecule has 8 heteroatoms. The summed E-state index contributed by atoms with van der Waals surface area (Å²) in [7, 11) is 3.19. The SMILES string of the molecule is CN(C)c1nc(NCC[C@@H]2CCCC[C@H]2O)cc(C(F)(F)F)n1. The van der Waals surface area contributed by atoms with Gasteiger partial charge in [-0.05, 0) is 25.2 Å². The first kappa shape index (κ1) is 17.8. The Balaban J connectivity index is 2.02. The van der Waals surface area contributed by atoms with E-state index in [-0.39, 0.29) is 23.8 Å². The van der Waals surface area contributed by atoms with E-state index in [0.29, 0.717) is 13.0 Å². The zero-order chi connectivity index (χ0) is 17.0. The molecule has 130 valence electrons. The fourth-order valence-corrected chi connectivity index (χ4v) is 2.78. The topological polar surface area (TPSA) is 61.3 Å². The van der Waals surface area contributed by atoms with Crippen LogP contribution < -0.4 is 10.2 Å². The molecule has 2 rings (SSSR count). The van der Waals surface area contributed by atoms with Gasteiger partial charge in [-0.1, -0.05) is 12.8 Å². The maximum atomic E-state index is 12.9. The summed E-state index contributed by atoms with van der Waals surface area (Å²) in [4.78, 5) is 9.05. The fraction of sp³-hybridized carbons (Fsp3) is 0.733. The Kier molecular flexibility index (Phi) is 5.67. The van der Waals surface area contributed by atoms with E-state index in [4.69, 9.17) is 0 Å². The molecule has 0 bridgehead atoms. The predicted octanol–water partition coefficient (Wildman–Crippen LogP) is 2.91. The molecular weight excluding hydrogens is 309 g/mol. The molecule has 1 saturated carbocycles. The van der Waals surface area contributed by atoms with Crippen molar-refractivity contribution in [3.05, 3.63) is 11.8 Å². The highest BCUT2D eigenvalue weighted by Crippen LogP contribution is 2.30. The van der Waals surface area contributed by atoms with E-state index in [2.05, 4.69) is 15.3 Å². The molecule has 23 heavy (non-hydrogen) atoms. The monoisotopic (exact) mass is 332 g/mol. The third-order valence-corrected chi connectivity index (χ3v) is 4.09. The summed E-state index contributed by atoms with van der Waals surface area (Å²) in [6, 6.07) is 0.921. The average Bonchev–Trinajstić information content (AvgIpc) is 2.48. The molecule has 2 N–H and O–H groups in total. The van der Waals surface area contributed by atoms with E-state index in [9.17, 15) is 18.3 Å². The van der Waals surface area contributed by atoms with Crippen molar-refractivity contribution in [1.82, 2.24) is 9.97 Å². The Bertz CT molecular complexity index is 522. The quantitative estimate of drug-likeness (QED) is 0.868. The molecule has 0 radical (unpaired) electrons. The van der Waals surface area contributed by atoms with Gasteiger partial charge in [0.15, 0.2) is 5.69 Å². The van der Waals surface area contributed by atoms with E-state index in [0.717, 1.165) is 31.7 Å². The molecule has 0 amide bonds. The van der Waals surface area contributed by atoms with E-state index in [1.165, 1.54) is 4.90 Å². The molecule has 1 heterocycles.